The fourth-order valence-electron chi connectivity index (χ4n) is 4.59. The minimum absolute atomic E-state index is 0.0438. The van der Waals surface area contributed by atoms with Gasteiger partial charge in [0.2, 0.25) is 17.7 Å². The van der Waals surface area contributed by atoms with E-state index in [1.807, 2.05) is 0 Å². The molecule has 1 aliphatic heterocycles. The Kier molecular flexibility index (Phi) is 5.52. The molecule has 1 aromatic rings. The smallest absolute Gasteiger partial charge is 0.243 e. The normalized spacial score (nSPS) is 26.9. The van der Waals surface area contributed by atoms with Crippen LogP contribution < -0.4 is 16.0 Å². The summed E-state index contributed by atoms with van der Waals surface area (Å²) in [5.41, 5.74) is 0.492. The summed E-state index contributed by atoms with van der Waals surface area (Å²) in [6, 6.07) is 5.48. The number of fused-ring (bicyclic) bond motifs is 5. The largest absolute Gasteiger partial charge is 0.355 e. The quantitative estimate of drug-likeness (QED) is 0.276. The number of allylic oxidation sites excluding steroid dienone is 2. The number of amides is 3. The van der Waals surface area contributed by atoms with Crippen molar-refractivity contribution in [3.8, 4) is 0 Å². The third-order valence-electron chi connectivity index (χ3n) is 5.96. The number of halogens is 1. The molecule has 0 spiro atoms. The number of carbonyl (C=O) groups is 3. The van der Waals surface area contributed by atoms with Crippen molar-refractivity contribution in [1.82, 2.24) is 15.5 Å². The predicted molar refractivity (Wildman–Crippen MR) is 109 cm³/mol. The molecule has 0 aromatic heterocycles. The van der Waals surface area contributed by atoms with Crippen LogP contribution in [0.2, 0.25) is 0 Å². The molecule has 2 fully saturated rings. The molecule has 1 aromatic carbocycles. The third-order valence-corrected chi connectivity index (χ3v) is 5.96. The van der Waals surface area contributed by atoms with Gasteiger partial charge in [-0.2, -0.15) is 0 Å². The maximum Gasteiger partial charge on any atom is 0.243 e. The van der Waals surface area contributed by atoms with E-state index in [9.17, 15) is 18.8 Å². The molecule has 3 amide bonds. The highest BCUT2D eigenvalue weighted by molar-refractivity contribution is 6.06. The minimum atomic E-state index is -0.377. The number of imide groups is 1. The van der Waals surface area contributed by atoms with Crippen LogP contribution >= 0.6 is 0 Å². The number of nitrogens with one attached hydrogen (secondary N) is 3. The molecule has 0 radical (unpaired) electrons. The van der Waals surface area contributed by atoms with Crippen molar-refractivity contribution in [2.45, 2.75) is 6.42 Å². The van der Waals surface area contributed by atoms with Gasteiger partial charge in [0.05, 0.1) is 18.4 Å². The summed E-state index contributed by atoms with van der Waals surface area (Å²) in [7, 11) is 1.56. The number of anilines is 1. The first-order chi connectivity index (χ1) is 14.5. The molecule has 4 unspecified atom stereocenters. The minimum Gasteiger partial charge on any atom is -0.355 e. The monoisotopic (exact) mass is 413 g/mol. The first-order valence-corrected chi connectivity index (χ1v) is 10.0. The van der Waals surface area contributed by atoms with Crippen LogP contribution in [0.4, 0.5) is 10.1 Å². The van der Waals surface area contributed by atoms with Crippen molar-refractivity contribution in [1.29, 1.82) is 0 Å². The maximum absolute atomic E-state index is 12.9. The Morgan fingerprint density at radius 2 is 1.73 bits per heavy atom. The van der Waals surface area contributed by atoms with Crippen molar-refractivity contribution >= 4 is 29.4 Å². The lowest BCUT2D eigenvalue weighted by Gasteiger charge is -2.18. The maximum atomic E-state index is 12.9. The molecular weight excluding hydrogens is 389 g/mol. The second-order valence-corrected chi connectivity index (χ2v) is 7.74. The molecule has 8 nitrogen and oxygen atoms in total. The van der Waals surface area contributed by atoms with Gasteiger partial charge in [-0.1, -0.05) is 12.2 Å². The second kappa shape index (κ2) is 8.25. The van der Waals surface area contributed by atoms with Gasteiger partial charge in [-0.3, -0.25) is 24.3 Å². The number of benzene rings is 1. The van der Waals surface area contributed by atoms with Gasteiger partial charge in [0.1, 0.15) is 5.82 Å². The number of guanidine groups is 1. The second-order valence-electron chi connectivity index (χ2n) is 7.74. The summed E-state index contributed by atoms with van der Waals surface area (Å²) in [5.74, 6) is -0.462. The van der Waals surface area contributed by atoms with Gasteiger partial charge < -0.3 is 16.0 Å². The molecule has 3 aliphatic rings. The standard InChI is InChI=1S/C21H24FN5O3/c1-23-21(25-11-16(28)26-15-6-4-14(22)5-7-15)24-8-9-27-19(29)17-12-2-3-13(10-12)18(17)20(27)30/h2-7,12-13,17-18H,8-11H2,1H3,(H,26,28)(H2,23,24,25). The Bertz CT molecular complexity index is 884. The number of carbonyl (C=O) groups excluding carboxylic acids is 3. The fraction of sp³-hybridized carbons (Fsp3) is 0.429. The van der Waals surface area contributed by atoms with E-state index in [1.54, 1.807) is 7.05 Å². The Balaban J connectivity index is 1.21. The zero-order valence-electron chi connectivity index (χ0n) is 16.6. The summed E-state index contributed by atoms with van der Waals surface area (Å²) in [6.45, 7) is 0.545. The van der Waals surface area contributed by atoms with E-state index in [2.05, 4.69) is 33.1 Å². The van der Waals surface area contributed by atoms with E-state index in [-0.39, 0.29) is 60.3 Å². The molecule has 3 N–H and O–H groups in total. The topological polar surface area (TPSA) is 103 Å². The number of nitrogens with zero attached hydrogens (tertiary/aromatic N) is 2. The molecule has 158 valence electrons. The number of aliphatic imine (C=N–C) groups is 1. The molecule has 30 heavy (non-hydrogen) atoms. The molecule has 4 atom stereocenters. The summed E-state index contributed by atoms with van der Waals surface area (Å²) in [4.78, 5) is 42.7. The van der Waals surface area contributed by atoms with Gasteiger partial charge in [-0.15, -0.1) is 0 Å². The molecule has 4 rings (SSSR count). The van der Waals surface area contributed by atoms with Gasteiger partial charge in [0.15, 0.2) is 5.96 Å². The third kappa shape index (κ3) is 3.79. The first kappa shape index (κ1) is 20.1. The highest BCUT2D eigenvalue weighted by atomic mass is 19.1. The summed E-state index contributed by atoms with van der Waals surface area (Å²) >= 11 is 0. The number of rotatable bonds is 6. The molecule has 1 heterocycles. The van der Waals surface area contributed by atoms with E-state index in [1.165, 1.54) is 29.2 Å². The van der Waals surface area contributed by atoms with Gasteiger partial charge in [-0.25, -0.2) is 4.39 Å². The average Bonchev–Trinajstić information content (AvgIpc) is 3.41. The van der Waals surface area contributed by atoms with Gasteiger partial charge in [0.25, 0.3) is 0 Å². The van der Waals surface area contributed by atoms with Crippen molar-refractivity contribution < 1.29 is 18.8 Å². The lowest BCUT2D eigenvalue weighted by molar-refractivity contribution is -0.140. The predicted octanol–water partition coefficient (Wildman–Crippen LogP) is 0.736. The van der Waals surface area contributed by atoms with E-state index < -0.39 is 0 Å². The summed E-state index contributed by atoms with van der Waals surface area (Å²) < 4.78 is 12.9. The van der Waals surface area contributed by atoms with Crippen LogP contribution in [-0.2, 0) is 14.4 Å². The fourth-order valence-corrected chi connectivity index (χ4v) is 4.59. The lowest BCUT2D eigenvalue weighted by Crippen LogP contribution is -2.45. The Labute approximate surface area is 173 Å². The number of likely N-dealkylation sites (tertiary alicyclic amines) is 1. The highest BCUT2D eigenvalue weighted by Crippen LogP contribution is 2.52. The number of hydrogen-bond acceptors (Lipinski definition) is 4. The number of hydrogen-bond donors (Lipinski definition) is 3. The molecule has 1 saturated heterocycles. The van der Waals surface area contributed by atoms with Crippen LogP contribution in [0.25, 0.3) is 0 Å². The van der Waals surface area contributed by atoms with Crippen molar-refractivity contribution in [3.05, 3.63) is 42.2 Å². The summed E-state index contributed by atoms with van der Waals surface area (Å²) in [5, 5.41) is 8.53. The first-order valence-electron chi connectivity index (χ1n) is 10.0. The molecule has 1 saturated carbocycles. The Morgan fingerprint density at radius 1 is 1.10 bits per heavy atom. The van der Waals surface area contributed by atoms with Crippen LogP contribution in [0.3, 0.4) is 0 Å². The van der Waals surface area contributed by atoms with Crippen molar-refractivity contribution in [2.24, 2.45) is 28.7 Å². The van der Waals surface area contributed by atoms with E-state index in [4.69, 9.17) is 0 Å². The lowest BCUT2D eigenvalue weighted by atomic mass is 9.85. The van der Waals surface area contributed by atoms with Crippen LogP contribution in [0, 0.1) is 29.5 Å². The molecular formula is C21H24FN5O3. The van der Waals surface area contributed by atoms with Crippen molar-refractivity contribution in [2.75, 3.05) is 32.0 Å². The SMILES string of the molecule is CN=C(NCCN1C(=O)C2C3C=CC(C3)C2C1=O)NCC(=O)Nc1ccc(F)cc1. The van der Waals surface area contributed by atoms with Gasteiger partial charge in [-0.05, 0) is 42.5 Å². The van der Waals surface area contributed by atoms with Crippen molar-refractivity contribution in [3.63, 3.8) is 0 Å². The van der Waals surface area contributed by atoms with E-state index in [0.29, 0.717) is 18.2 Å². The highest BCUT2D eigenvalue weighted by Gasteiger charge is 2.58. The summed E-state index contributed by atoms with van der Waals surface area (Å²) in [6.07, 6.45) is 5.05. The zero-order chi connectivity index (χ0) is 21.3. The van der Waals surface area contributed by atoms with Gasteiger partial charge in [0, 0.05) is 25.8 Å². The van der Waals surface area contributed by atoms with E-state index in [0.717, 1.165) is 6.42 Å². The molecule has 9 heteroatoms. The average molecular weight is 413 g/mol. The van der Waals surface area contributed by atoms with E-state index >= 15 is 0 Å². The molecule has 2 bridgehead atoms. The van der Waals surface area contributed by atoms with Crippen LogP contribution in [-0.4, -0.2) is 55.3 Å². The zero-order valence-corrected chi connectivity index (χ0v) is 16.6. The Morgan fingerprint density at radius 3 is 2.33 bits per heavy atom. The van der Waals surface area contributed by atoms with Crippen LogP contribution in [0.15, 0.2) is 41.4 Å². The Hall–Kier alpha value is -3.23. The van der Waals surface area contributed by atoms with Crippen LogP contribution in [0.5, 0.6) is 0 Å². The van der Waals surface area contributed by atoms with Gasteiger partial charge >= 0.3 is 0 Å². The molecule has 2 aliphatic carbocycles. The van der Waals surface area contributed by atoms with Crippen LogP contribution in [0.1, 0.15) is 6.42 Å².